The highest BCUT2D eigenvalue weighted by Crippen LogP contribution is 2.12. The van der Waals surface area contributed by atoms with E-state index in [1.807, 2.05) is 0 Å². The summed E-state index contributed by atoms with van der Waals surface area (Å²) in [5, 5.41) is 0.919. The zero-order valence-electron chi connectivity index (χ0n) is 10.1. The Kier molecular flexibility index (Phi) is 5.75. The number of halogens is 1. The van der Waals surface area contributed by atoms with Crippen molar-refractivity contribution in [2.45, 2.75) is 39.5 Å². The lowest BCUT2D eigenvalue weighted by atomic mass is 10.0. The fourth-order valence-electron chi connectivity index (χ4n) is 1.63. The maximum atomic E-state index is 11.5. The number of rotatable bonds is 6. The van der Waals surface area contributed by atoms with Gasteiger partial charge in [0.2, 0.25) is 0 Å². The van der Waals surface area contributed by atoms with E-state index in [9.17, 15) is 4.79 Å². The van der Waals surface area contributed by atoms with Crippen molar-refractivity contribution in [1.29, 1.82) is 0 Å². The predicted molar refractivity (Wildman–Crippen MR) is 72.3 cm³/mol. The van der Waals surface area contributed by atoms with Crippen molar-refractivity contribution in [3.8, 4) is 0 Å². The first-order valence-electron chi connectivity index (χ1n) is 5.77. The van der Waals surface area contributed by atoms with E-state index in [1.54, 1.807) is 0 Å². The largest absolute Gasteiger partial charge is 0.300 e. The van der Waals surface area contributed by atoms with Crippen LogP contribution in [0.4, 0.5) is 0 Å². The number of hydrogen-bond donors (Lipinski definition) is 0. The van der Waals surface area contributed by atoms with Gasteiger partial charge in [0.1, 0.15) is 5.78 Å². The molecule has 0 amide bonds. The van der Waals surface area contributed by atoms with E-state index in [2.05, 4.69) is 48.0 Å². The molecule has 0 radical (unpaired) electrons. The first-order valence-corrected chi connectivity index (χ1v) is 6.89. The minimum Gasteiger partial charge on any atom is -0.300 e. The quantitative estimate of drug-likeness (QED) is 0.722. The summed E-state index contributed by atoms with van der Waals surface area (Å²) in [4.78, 5) is 11.5. The molecule has 0 fully saturated rings. The number of aryl methyl sites for hydroxylation is 3. The van der Waals surface area contributed by atoms with Crippen molar-refractivity contribution in [3.63, 3.8) is 0 Å². The van der Waals surface area contributed by atoms with Gasteiger partial charge in [0.05, 0.1) is 0 Å². The van der Waals surface area contributed by atoms with Crippen molar-refractivity contribution < 1.29 is 4.79 Å². The molecule has 0 N–H and O–H groups in total. The Hall–Kier alpha value is -0.630. The molecule has 2 heteroatoms. The molecule has 0 aromatic heterocycles. The number of carbonyl (C=O) groups excluding carboxylic acids is 1. The number of carbonyl (C=O) groups is 1. The van der Waals surface area contributed by atoms with Gasteiger partial charge < -0.3 is 0 Å². The molecule has 0 atom stereocenters. The molecule has 0 spiro atoms. The van der Waals surface area contributed by atoms with Gasteiger partial charge >= 0.3 is 0 Å². The van der Waals surface area contributed by atoms with E-state index in [0.717, 1.165) is 18.2 Å². The Bertz CT molecular complexity index is 358. The molecule has 0 saturated heterocycles. The third-order valence-electron chi connectivity index (χ3n) is 2.85. The molecule has 0 aliphatic heterocycles. The van der Waals surface area contributed by atoms with Gasteiger partial charge in [-0.25, -0.2) is 0 Å². The summed E-state index contributed by atoms with van der Waals surface area (Å²) in [6, 6.07) is 6.45. The number of ketones is 1. The number of hydrogen-bond acceptors (Lipinski definition) is 1. The second kappa shape index (κ2) is 6.85. The van der Waals surface area contributed by atoms with Crippen LogP contribution in [0.5, 0.6) is 0 Å². The Balaban J connectivity index is 2.42. The first kappa shape index (κ1) is 13.4. The van der Waals surface area contributed by atoms with Crippen molar-refractivity contribution in [2.75, 3.05) is 5.33 Å². The van der Waals surface area contributed by atoms with Crippen LogP contribution >= 0.6 is 15.9 Å². The number of Topliss-reactive ketones (excluding diaryl/α,β-unsaturated/α-hetero) is 1. The average Bonchev–Trinajstić information content (AvgIpc) is 2.28. The first-order chi connectivity index (χ1) is 7.63. The van der Waals surface area contributed by atoms with Crippen molar-refractivity contribution >= 4 is 21.7 Å². The molecular formula is C14H19BrO. The molecule has 0 heterocycles. The fraction of sp³-hybridized carbons (Fsp3) is 0.500. The molecule has 1 rings (SSSR count). The summed E-state index contributed by atoms with van der Waals surface area (Å²) in [5.41, 5.74) is 3.90. The topological polar surface area (TPSA) is 17.1 Å². The lowest BCUT2D eigenvalue weighted by Crippen LogP contribution is -2.00. The second-order valence-corrected chi connectivity index (χ2v) is 5.04. The predicted octanol–water partition coefficient (Wildman–Crippen LogP) is 3.98. The highest BCUT2D eigenvalue weighted by atomic mass is 79.9. The average molecular weight is 283 g/mol. The van der Waals surface area contributed by atoms with Crippen LogP contribution < -0.4 is 0 Å². The molecule has 1 aromatic rings. The Morgan fingerprint density at radius 3 is 2.56 bits per heavy atom. The van der Waals surface area contributed by atoms with Crippen molar-refractivity contribution in [2.24, 2.45) is 0 Å². The molecule has 0 saturated carbocycles. The van der Waals surface area contributed by atoms with Crippen LogP contribution in [-0.2, 0) is 11.2 Å². The molecule has 1 aromatic carbocycles. The zero-order chi connectivity index (χ0) is 12.0. The van der Waals surface area contributed by atoms with Gasteiger partial charge in [0, 0.05) is 18.2 Å². The molecule has 0 unspecified atom stereocenters. The summed E-state index contributed by atoms with van der Waals surface area (Å²) >= 11 is 3.34. The molecule has 0 aliphatic rings. The van der Waals surface area contributed by atoms with Gasteiger partial charge in [-0.1, -0.05) is 34.1 Å². The van der Waals surface area contributed by atoms with Gasteiger partial charge in [0.15, 0.2) is 0 Å². The van der Waals surface area contributed by atoms with E-state index >= 15 is 0 Å². The standard InChI is InChI=1S/C14H19BrO/c1-11-5-6-13(10-12(11)2)7-8-14(16)4-3-9-15/h5-6,10H,3-4,7-9H2,1-2H3. The van der Waals surface area contributed by atoms with Crippen LogP contribution in [0.15, 0.2) is 18.2 Å². The number of benzene rings is 1. The molecular weight excluding hydrogens is 264 g/mol. The van der Waals surface area contributed by atoms with Crippen LogP contribution in [0.2, 0.25) is 0 Å². The van der Waals surface area contributed by atoms with Gasteiger partial charge in [-0.15, -0.1) is 0 Å². The van der Waals surface area contributed by atoms with E-state index < -0.39 is 0 Å². The van der Waals surface area contributed by atoms with E-state index in [-0.39, 0.29) is 0 Å². The van der Waals surface area contributed by atoms with Gasteiger partial charge in [0.25, 0.3) is 0 Å². The van der Waals surface area contributed by atoms with E-state index in [1.165, 1.54) is 16.7 Å². The third kappa shape index (κ3) is 4.48. The smallest absolute Gasteiger partial charge is 0.133 e. The molecule has 0 aliphatic carbocycles. The third-order valence-corrected chi connectivity index (χ3v) is 3.41. The summed E-state index contributed by atoms with van der Waals surface area (Å²) in [6.07, 6.45) is 3.21. The Morgan fingerprint density at radius 2 is 1.94 bits per heavy atom. The second-order valence-electron chi connectivity index (χ2n) is 4.25. The normalized spacial score (nSPS) is 10.4. The van der Waals surface area contributed by atoms with Gasteiger partial charge in [-0.3, -0.25) is 4.79 Å². The van der Waals surface area contributed by atoms with Crippen LogP contribution in [-0.4, -0.2) is 11.1 Å². The maximum Gasteiger partial charge on any atom is 0.133 e. The summed E-state index contributed by atoms with van der Waals surface area (Å²) in [5.74, 6) is 0.373. The molecule has 1 nitrogen and oxygen atoms in total. The maximum absolute atomic E-state index is 11.5. The van der Waals surface area contributed by atoms with Crippen LogP contribution in [0.25, 0.3) is 0 Å². The monoisotopic (exact) mass is 282 g/mol. The highest BCUT2D eigenvalue weighted by molar-refractivity contribution is 9.09. The SMILES string of the molecule is Cc1ccc(CCC(=O)CCCBr)cc1C. The van der Waals surface area contributed by atoms with Crippen LogP contribution in [0, 0.1) is 13.8 Å². The van der Waals surface area contributed by atoms with Crippen LogP contribution in [0.1, 0.15) is 36.0 Å². The highest BCUT2D eigenvalue weighted by Gasteiger charge is 2.03. The lowest BCUT2D eigenvalue weighted by Gasteiger charge is -2.04. The zero-order valence-corrected chi connectivity index (χ0v) is 11.6. The fourth-order valence-corrected chi connectivity index (χ4v) is 1.91. The minimum absolute atomic E-state index is 0.373. The minimum atomic E-state index is 0.373. The van der Waals surface area contributed by atoms with E-state index in [4.69, 9.17) is 0 Å². The van der Waals surface area contributed by atoms with Crippen molar-refractivity contribution in [3.05, 3.63) is 34.9 Å². The summed E-state index contributed by atoms with van der Waals surface area (Å²) in [6.45, 7) is 4.23. The lowest BCUT2D eigenvalue weighted by molar-refractivity contribution is -0.119. The summed E-state index contributed by atoms with van der Waals surface area (Å²) < 4.78 is 0. The molecule has 16 heavy (non-hydrogen) atoms. The number of alkyl halides is 1. The van der Waals surface area contributed by atoms with Gasteiger partial charge in [-0.05, 0) is 43.4 Å². The van der Waals surface area contributed by atoms with E-state index in [0.29, 0.717) is 18.6 Å². The molecule has 88 valence electrons. The van der Waals surface area contributed by atoms with Crippen molar-refractivity contribution in [1.82, 2.24) is 0 Å². The molecule has 0 bridgehead atoms. The Labute approximate surface area is 106 Å². The Morgan fingerprint density at radius 1 is 1.19 bits per heavy atom. The summed E-state index contributed by atoms with van der Waals surface area (Å²) in [7, 11) is 0. The van der Waals surface area contributed by atoms with Gasteiger partial charge in [-0.2, -0.15) is 0 Å². The van der Waals surface area contributed by atoms with Crippen LogP contribution in [0.3, 0.4) is 0 Å².